The number of hydrogen-bond acceptors (Lipinski definition) is 8. The second kappa shape index (κ2) is 7.74. The van der Waals surface area contributed by atoms with Crippen LogP contribution >= 0.6 is 0 Å². The molecule has 0 radical (unpaired) electrons. The van der Waals surface area contributed by atoms with Gasteiger partial charge >= 0.3 is 0 Å². The van der Waals surface area contributed by atoms with E-state index in [9.17, 15) is 28.6 Å². The molecule has 1 saturated heterocycles. The van der Waals surface area contributed by atoms with Crippen molar-refractivity contribution in [2.45, 2.75) is 4.90 Å². The molecule has 1 aromatic carbocycles. The second-order valence-electron chi connectivity index (χ2n) is 4.07. The number of rotatable bonds is 3. The number of non-ortho nitro benzene ring substituents is 1. The molecule has 22 heavy (non-hydrogen) atoms. The highest BCUT2D eigenvalue weighted by Crippen LogP contribution is 2.27. The summed E-state index contributed by atoms with van der Waals surface area (Å²) in [4.78, 5) is 18.2. The van der Waals surface area contributed by atoms with Gasteiger partial charge < -0.3 is 10.1 Å². The molecule has 0 saturated carbocycles. The maximum absolute atomic E-state index is 10.9. The molecular formula is C10H14N4O7S. The van der Waals surface area contributed by atoms with Gasteiger partial charge in [0.1, 0.15) is 0 Å². The molecule has 1 aliphatic heterocycles. The normalized spacial score (nSPS) is 14.6. The first kappa shape index (κ1) is 17.9. The molecular weight excluding hydrogens is 320 g/mol. The van der Waals surface area contributed by atoms with Crippen LogP contribution in [0, 0.1) is 20.2 Å². The van der Waals surface area contributed by atoms with E-state index in [1.165, 1.54) is 0 Å². The zero-order valence-electron chi connectivity index (χ0n) is 11.3. The van der Waals surface area contributed by atoms with Crippen molar-refractivity contribution in [3.05, 3.63) is 38.4 Å². The fraction of sp³-hybridized carbons (Fsp3) is 0.400. The third-order valence-electron chi connectivity index (χ3n) is 2.50. The lowest BCUT2D eigenvalue weighted by Crippen LogP contribution is -2.30. The molecule has 0 atom stereocenters. The van der Waals surface area contributed by atoms with Crippen LogP contribution in [-0.4, -0.2) is 44.6 Å². The summed E-state index contributed by atoms with van der Waals surface area (Å²) < 4.78 is 26.9. The lowest BCUT2D eigenvalue weighted by Gasteiger charge is -2.10. The monoisotopic (exact) mass is 334 g/mol. The summed E-state index contributed by atoms with van der Waals surface area (Å²) in [6.45, 7) is 3.83. The smallest absolute Gasteiger partial charge is 0.296 e. The van der Waals surface area contributed by atoms with Gasteiger partial charge in [0.25, 0.3) is 11.4 Å². The molecule has 12 heteroatoms. The molecule has 1 aliphatic rings. The summed E-state index contributed by atoms with van der Waals surface area (Å²) in [5.74, 6) is 0. The van der Waals surface area contributed by atoms with Crippen molar-refractivity contribution >= 4 is 21.4 Å². The summed E-state index contributed by atoms with van der Waals surface area (Å²) in [7, 11) is -4.29. The summed E-state index contributed by atoms with van der Waals surface area (Å²) in [5, 5.41) is 28.7. The van der Waals surface area contributed by atoms with E-state index in [2.05, 4.69) is 5.32 Å². The number of nitrogens with zero attached hydrogens (tertiary/aromatic N) is 2. The van der Waals surface area contributed by atoms with Crippen molar-refractivity contribution in [1.29, 1.82) is 0 Å². The van der Waals surface area contributed by atoms with Crippen LogP contribution in [0.4, 0.5) is 11.4 Å². The number of nitrogens with one attached hydrogen (secondary N) is 1. The minimum Gasteiger partial charge on any atom is -0.379 e. The number of nitro groups is 2. The molecule has 0 aromatic heterocycles. The highest BCUT2D eigenvalue weighted by atomic mass is 32.2. The first-order chi connectivity index (χ1) is 10.2. The van der Waals surface area contributed by atoms with Crippen LogP contribution in [0.2, 0.25) is 0 Å². The summed E-state index contributed by atoms with van der Waals surface area (Å²) in [5.41, 5.74) is -1.50. The second-order valence-corrected chi connectivity index (χ2v) is 5.60. The lowest BCUT2D eigenvalue weighted by atomic mass is 10.3. The summed E-state index contributed by atoms with van der Waals surface area (Å²) in [6.07, 6.45) is 0. The van der Waals surface area contributed by atoms with Gasteiger partial charge in [0.15, 0.2) is 4.90 Å². The first-order valence-electron chi connectivity index (χ1n) is 5.97. The van der Waals surface area contributed by atoms with E-state index in [0.717, 1.165) is 38.4 Å². The number of ether oxygens (including phenoxy) is 1. The van der Waals surface area contributed by atoms with Crippen LogP contribution in [0.1, 0.15) is 0 Å². The third-order valence-corrected chi connectivity index (χ3v) is 3.46. The Morgan fingerprint density at radius 3 is 2.05 bits per heavy atom. The zero-order chi connectivity index (χ0) is 16.8. The van der Waals surface area contributed by atoms with Gasteiger partial charge in [0.05, 0.1) is 29.1 Å². The maximum atomic E-state index is 10.9. The Hall–Kier alpha value is -2.15. The predicted molar refractivity (Wildman–Crippen MR) is 74.8 cm³/mol. The number of nitro benzene ring substituents is 2. The SMILES string of the molecule is C1COCCN1.NS(=O)(=O)c1ccc([N+](=O)[O-])cc1[N+](=O)[O-]. The van der Waals surface area contributed by atoms with Crippen molar-refractivity contribution in [3.8, 4) is 0 Å². The van der Waals surface area contributed by atoms with Gasteiger partial charge in [-0.15, -0.1) is 0 Å². The van der Waals surface area contributed by atoms with Gasteiger partial charge in [-0.25, -0.2) is 13.6 Å². The molecule has 1 fully saturated rings. The van der Waals surface area contributed by atoms with E-state index in [-0.39, 0.29) is 0 Å². The largest absolute Gasteiger partial charge is 0.379 e. The summed E-state index contributed by atoms with van der Waals surface area (Å²) >= 11 is 0. The highest BCUT2D eigenvalue weighted by Gasteiger charge is 2.25. The lowest BCUT2D eigenvalue weighted by molar-refractivity contribution is -0.396. The molecule has 0 spiro atoms. The molecule has 11 nitrogen and oxygen atoms in total. The van der Waals surface area contributed by atoms with E-state index in [1.807, 2.05) is 0 Å². The van der Waals surface area contributed by atoms with Crippen LogP contribution in [0.15, 0.2) is 23.1 Å². The molecule has 122 valence electrons. The number of sulfonamides is 1. The number of benzene rings is 1. The molecule has 0 bridgehead atoms. The van der Waals surface area contributed by atoms with Gasteiger partial charge in [-0.1, -0.05) is 0 Å². The minimum absolute atomic E-state index is 0.541. The molecule has 1 heterocycles. The zero-order valence-corrected chi connectivity index (χ0v) is 12.1. The highest BCUT2D eigenvalue weighted by molar-refractivity contribution is 7.89. The Balaban J connectivity index is 0.000000335. The topological polar surface area (TPSA) is 168 Å². The molecule has 0 amide bonds. The van der Waals surface area contributed by atoms with E-state index in [0.29, 0.717) is 6.07 Å². The van der Waals surface area contributed by atoms with Crippen molar-refractivity contribution < 1.29 is 23.0 Å². The Labute approximate surface area is 125 Å². The number of nitrogens with two attached hydrogens (primary N) is 1. The standard InChI is InChI=1S/C6H5N3O6S.C4H9NO/c7-16(14,15)6-2-1-4(8(10)11)3-5(6)9(12)13;1-3-6-4-2-5-1/h1-3H,(H2,7,14,15);5H,1-4H2. The van der Waals surface area contributed by atoms with Gasteiger partial charge in [-0.3, -0.25) is 20.2 Å². The Kier molecular flexibility index (Phi) is 6.30. The van der Waals surface area contributed by atoms with Gasteiger partial charge in [0, 0.05) is 19.2 Å². The number of primary sulfonamides is 1. The van der Waals surface area contributed by atoms with Crippen molar-refractivity contribution in [3.63, 3.8) is 0 Å². The van der Waals surface area contributed by atoms with Gasteiger partial charge in [-0.05, 0) is 6.07 Å². The van der Waals surface area contributed by atoms with Crippen LogP contribution in [0.25, 0.3) is 0 Å². The van der Waals surface area contributed by atoms with Crippen LogP contribution < -0.4 is 10.5 Å². The first-order valence-corrected chi connectivity index (χ1v) is 7.52. The molecule has 0 aliphatic carbocycles. The van der Waals surface area contributed by atoms with Crippen molar-refractivity contribution in [1.82, 2.24) is 5.32 Å². The Bertz CT molecular complexity index is 646. The van der Waals surface area contributed by atoms with Crippen LogP contribution in [0.3, 0.4) is 0 Å². The minimum atomic E-state index is -4.29. The summed E-state index contributed by atoms with van der Waals surface area (Å²) in [6, 6.07) is 2.10. The Morgan fingerprint density at radius 2 is 1.73 bits per heavy atom. The van der Waals surface area contributed by atoms with E-state index >= 15 is 0 Å². The molecule has 1 aromatic rings. The van der Waals surface area contributed by atoms with E-state index in [4.69, 9.17) is 9.88 Å². The van der Waals surface area contributed by atoms with E-state index < -0.39 is 36.1 Å². The average molecular weight is 334 g/mol. The molecule has 0 unspecified atom stereocenters. The number of hydrogen-bond donors (Lipinski definition) is 2. The average Bonchev–Trinajstić information content (AvgIpc) is 2.48. The third kappa shape index (κ3) is 5.33. The van der Waals surface area contributed by atoms with Crippen molar-refractivity contribution in [2.24, 2.45) is 5.14 Å². The van der Waals surface area contributed by atoms with Crippen LogP contribution in [0.5, 0.6) is 0 Å². The van der Waals surface area contributed by atoms with Gasteiger partial charge in [-0.2, -0.15) is 0 Å². The molecule has 3 N–H and O–H groups in total. The number of morpholine rings is 1. The fourth-order valence-electron chi connectivity index (χ4n) is 1.52. The maximum Gasteiger partial charge on any atom is 0.296 e. The quantitative estimate of drug-likeness (QED) is 0.563. The van der Waals surface area contributed by atoms with Crippen molar-refractivity contribution in [2.75, 3.05) is 26.3 Å². The van der Waals surface area contributed by atoms with Gasteiger partial charge in [0.2, 0.25) is 10.0 Å². The Morgan fingerprint density at radius 1 is 1.14 bits per heavy atom. The predicted octanol–water partition coefficient (Wildman–Crippen LogP) is -0.243. The fourth-order valence-corrected chi connectivity index (χ4v) is 2.20. The molecule has 2 rings (SSSR count). The van der Waals surface area contributed by atoms with Crippen LogP contribution in [-0.2, 0) is 14.8 Å². The van der Waals surface area contributed by atoms with E-state index in [1.54, 1.807) is 0 Å².